The molecule has 0 radical (unpaired) electrons. The van der Waals surface area contributed by atoms with Crippen LogP contribution in [0.2, 0.25) is 0 Å². The van der Waals surface area contributed by atoms with Gasteiger partial charge in [0.2, 0.25) is 0 Å². The fourth-order valence-electron chi connectivity index (χ4n) is 3.42. The molecule has 0 aromatic heterocycles. The smallest absolute Gasteiger partial charge is 0.198 e. The monoisotopic (exact) mass is 398 g/mol. The van der Waals surface area contributed by atoms with Crippen molar-refractivity contribution in [2.45, 2.75) is 13.3 Å². The standard InChI is InChI=1S/C24H15F5/c1-2-13-6-8-17-16(10-13)7-9-18(21(17)26)14-4-3-5-15(11-14)19-12-20(25)23(28)24(29)22(19)27/h3-12H,2H2,1H3. The molecule has 0 bridgehead atoms. The van der Waals surface area contributed by atoms with E-state index in [0.717, 1.165) is 17.4 Å². The summed E-state index contributed by atoms with van der Waals surface area (Å²) >= 11 is 0. The lowest BCUT2D eigenvalue weighted by Crippen LogP contribution is -1.98. The highest BCUT2D eigenvalue weighted by Gasteiger charge is 2.20. The first kappa shape index (κ1) is 19.1. The summed E-state index contributed by atoms with van der Waals surface area (Å²) in [5, 5.41) is 1.20. The van der Waals surface area contributed by atoms with Crippen molar-refractivity contribution in [1.29, 1.82) is 0 Å². The highest BCUT2D eigenvalue weighted by molar-refractivity contribution is 5.89. The first-order valence-electron chi connectivity index (χ1n) is 9.05. The van der Waals surface area contributed by atoms with Crippen LogP contribution in [0, 0.1) is 29.1 Å². The predicted octanol–water partition coefficient (Wildman–Crippen LogP) is 7.43. The van der Waals surface area contributed by atoms with Gasteiger partial charge in [-0.05, 0) is 40.6 Å². The third kappa shape index (κ3) is 3.27. The van der Waals surface area contributed by atoms with Crippen LogP contribution >= 0.6 is 0 Å². The molecule has 0 atom stereocenters. The van der Waals surface area contributed by atoms with Gasteiger partial charge in [0.15, 0.2) is 23.3 Å². The Balaban J connectivity index is 1.86. The fourth-order valence-corrected chi connectivity index (χ4v) is 3.42. The van der Waals surface area contributed by atoms with Crippen molar-refractivity contribution >= 4 is 10.8 Å². The Morgan fingerprint density at radius 2 is 1.34 bits per heavy atom. The van der Waals surface area contributed by atoms with Gasteiger partial charge in [-0.1, -0.05) is 55.5 Å². The van der Waals surface area contributed by atoms with Crippen LogP contribution in [0.4, 0.5) is 22.0 Å². The van der Waals surface area contributed by atoms with Gasteiger partial charge in [0.1, 0.15) is 5.82 Å². The van der Waals surface area contributed by atoms with Crippen LogP contribution in [0.15, 0.2) is 60.7 Å². The molecule has 146 valence electrons. The highest BCUT2D eigenvalue weighted by Crippen LogP contribution is 2.34. The minimum absolute atomic E-state index is 0.110. The minimum atomic E-state index is -1.88. The number of fused-ring (bicyclic) bond motifs is 1. The summed E-state index contributed by atoms with van der Waals surface area (Å²) in [6.45, 7) is 2.01. The van der Waals surface area contributed by atoms with E-state index < -0.39 is 34.6 Å². The van der Waals surface area contributed by atoms with Crippen LogP contribution in [0.25, 0.3) is 33.0 Å². The quantitative estimate of drug-likeness (QED) is 0.191. The van der Waals surface area contributed by atoms with Crippen LogP contribution in [-0.2, 0) is 6.42 Å². The molecule has 0 fully saturated rings. The molecule has 4 aromatic rings. The molecular weight excluding hydrogens is 383 g/mol. The number of halogens is 5. The topological polar surface area (TPSA) is 0 Å². The van der Waals surface area contributed by atoms with Crippen molar-refractivity contribution in [3.05, 3.63) is 95.3 Å². The van der Waals surface area contributed by atoms with E-state index in [9.17, 15) is 17.6 Å². The van der Waals surface area contributed by atoms with Gasteiger partial charge in [-0.15, -0.1) is 0 Å². The zero-order chi connectivity index (χ0) is 20.7. The lowest BCUT2D eigenvalue weighted by molar-refractivity contribution is 0.411. The largest absolute Gasteiger partial charge is 0.206 e. The third-order valence-corrected chi connectivity index (χ3v) is 5.01. The Bertz CT molecular complexity index is 1240. The molecule has 0 amide bonds. The van der Waals surface area contributed by atoms with E-state index in [1.165, 1.54) is 18.2 Å². The van der Waals surface area contributed by atoms with Crippen molar-refractivity contribution in [2.24, 2.45) is 0 Å². The molecule has 0 N–H and O–H groups in total. The van der Waals surface area contributed by atoms with E-state index in [-0.39, 0.29) is 11.1 Å². The summed E-state index contributed by atoms with van der Waals surface area (Å²) in [6.07, 6.45) is 0.831. The van der Waals surface area contributed by atoms with E-state index in [0.29, 0.717) is 17.0 Å². The molecule has 29 heavy (non-hydrogen) atoms. The fraction of sp³-hybridized carbons (Fsp3) is 0.0833. The molecule has 0 heterocycles. The number of hydrogen-bond donors (Lipinski definition) is 0. The molecule has 0 spiro atoms. The van der Waals surface area contributed by atoms with Crippen LogP contribution in [0.3, 0.4) is 0 Å². The maximum atomic E-state index is 15.1. The molecule has 0 aliphatic rings. The summed E-state index contributed by atoms with van der Waals surface area (Å²) in [5.74, 6) is -7.18. The molecule has 0 unspecified atom stereocenters. The van der Waals surface area contributed by atoms with Crippen molar-refractivity contribution in [1.82, 2.24) is 0 Å². The van der Waals surface area contributed by atoms with Crippen molar-refractivity contribution in [3.63, 3.8) is 0 Å². The molecule has 0 saturated carbocycles. The first-order chi connectivity index (χ1) is 13.9. The van der Waals surface area contributed by atoms with Crippen molar-refractivity contribution in [3.8, 4) is 22.3 Å². The molecule has 5 heteroatoms. The van der Waals surface area contributed by atoms with Gasteiger partial charge < -0.3 is 0 Å². The average Bonchev–Trinajstić information content (AvgIpc) is 2.74. The van der Waals surface area contributed by atoms with Crippen LogP contribution in [0.1, 0.15) is 12.5 Å². The minimum Gasteiger partial charge on any atom is -0.206 e. The Labute approximate surface area is 164 Å². The average molecular weight is 398 g/mol. The van der Waals surface area contributed by atoms with E-state index in [2.05, 4.69) is 0 Å². The third-order valence-electron chi connectivity index (χ3n) is 5.01. The van der Waals surface area contributed by atoms with Crippen LogP contribution in [-0.4, -0.2) is 0 Å². The second kappa shape index (κ2) is 7.32. The highest BCUT2D eigenvalue weighted by atomic mass is 19.2. The summed E-state index contributed by atoms with van der Waals surface area (Å²) in [7, 11) is 0. The van der Waals surface area contributed by atoms with E-state index in [1.807, 2.05) is 19.1 Å². The van der Waals surface area contributed by atoms with Gasteiger partial charge in [-0.25, -0.2) is 22.0 Å². The van der Waals surface area contributed by atoms with Gasteiger partial charge in [-0.3, -0.25) is 0 Å². The van der Waals surface area contributed by atoms with E-state index in [4.69, 9.17) is 0 Å². The molecule has 0 aliphatic carbocycles. The molecule has 0 aliphatic heterocycles. The van der Waals surface area contributed by atoms with E-state index >= 15 is 4.39 Å². The van der Waals surface area contributed by atoms with Gasteiger partial charge in [0.05, 0.1) is 0 Å². The van der Waals surface area contributed by atoms with E-state index in [1.54, 1.807) is 24.3 Å². The van der Waals surface area contributed by atoms with Gasteiger partial charge in [0, 0.05) is 16.5 Å². The normalized spacial score (nSPS) is 11.2. The zero-order valence-corrected chi connectivity index (χ0v) is 15.4. The molecular formula is C24H15F5. The number of hydrogen-bond acceptors (Lipinski definition) is 0. The van der Waals surface area contributed by atoms with Gasteiger partial charge >= 0.3 is 0 Å². The van der Waals surface area contributed by atoms with Crippen molar-refractivity contribution in [2.75, 3.05) is 0 Å². The van der Waals surface area contributed by atoms with Gasteiger partial charge in [-0.2, -0.15) is 0 Å². The second-order valence-corrected chi connectivity index (χ2v) is 6.76. The summed E-state index contributed by atoms with van der Waals surface area (Å²) in [6, 6.07) is 15.4. The lowest BCUT2D eigenvalue weighted by Gasteiger charge is -2.11. The Morgan fingerprint density at radius 3 is 2.07 bits per heavy atom. The Hall–Kier alpha value is -3.21. The zero-order valence-electron chi connectivity index (χ0n) is 15.4. The van der Waals surface area contributed by atoms with Crippen LogP contribution < -0.4 is 0 Å². The second-order valence-electron chi connectivity index (χ2n) is 6.76. The first-order valence-corrected chi connectivity index (χ1v) is 9.05. The molecule has 4 aromatic carbocycles. The maximum absolute atomic E-state index is 15.1. The van der Waals surface area contributed by atoms with Crippen molar-refractivity contribution < 1.29 is 22.0 Å². The summed E-state index contributed by atoms with van der Waals surface area (Å²) in [4.78, 5) is 0. The number of rotatable bonds is 3. The molecule has 4 rings (SSSR count). The number of benzene rings is 4. The molecule has 0 saturated heterocycles. The summed E-state index contributed by atoms with van der Waals surface area (Å²) < 4.78 is 69.8. The maximum Gasteiger partial charge on any atom is 0.198 e. The Morgan fingerprint density at radius 1 is 0.621 bits per heavy atom. The molecule has 0 nitrogen and oxygen atoms in total. The Kier molecular flexibility index (Phi) is 4.82. The predicted molar refractivity (Wildman–Crippen MR) is 104 cm³/mol. The number of aryl methyl sites for hydroxylation is 1. The SMILES string of the molecule is CCc1ccc2c(F)c(-c3cccc(-c4cc(F)c(F)c(F)c4F)c3)ccc2c1. The van der Waals surface area contributed by atoms with Gasteiger partial charge in [0.25, 0.3) is 0 Å². The van der Waals surface area contributed by atoms with Crippen LogP contribution in [0.5, 0.6) is 0 Å². The lowest BCUT2D eigenvalue weighted by atomic mass is 9.95. The summed E-state index contributed by atoms with van der Waals surface area (Å²) in [5.41, 5.74) is 1.44.